The van der Waals surface area contributed by atoms with E-state index in [1.165, 1.54) is 26.4 Å². The second-order valence-corrected chi connectivity index (χ2v) is 7.31. The van der Waals surface area contributed by atoms with Crippen molar-refractivity contribution in [3.05, 3.63) is 53.2 Å². The molecule has 1 N–H and O–H groups in total. The number of nitrogens with zero attached hydrogens (tertiary/aromatic N) is 2. The Morgan fingerprint density at radius 3 is 2.58 bits per heavy atom. The van der Waals surface area contributed by atoms with Gasteiger partial charge in [-0.25, -0.2) is 9.37 Å². The van der Waals surface area contributed by atoms with E-state index in [-0.39, 0.29) is 23.7 Å². The molecule has 1 aromatic carbocycles. The first kappa shape index (κ1) is 24.4. The number of hydrogen-bond acceptors (Lipinski definition) is 6. The molecule has 2 aromatic rings. The van der Waals surface area contributed by atoms with E-state index in [1.807, 2.05) is 6.08 Å². The van der Waals surface area contributed by atoms with E-state index in [2.05, 4.69) is 20.0 Å². The number of benzene rings is 1. The normalized spacial score (nSPS) is 14.9. The molecule has 1 heterocycles. The fourth-order valence-corrected chi connectivity index (χ4v) is 3.39. The van der Waals surface area contributed by atoms with Crippen LogP contribution in [0.15, 0.2) is 30.3 Å². The van der Waals surface area contributed by atoms with Gasteiger partial charge in [0, 0.05) is 13.2 Å². The van der Waals surface area contributed by atoms with Crippen LogP contribution in [0, 0.1) is 5.82 Å². The maximum atomic E-state index is 14.2. The average Bonchev–Trinajstić information content (AvgIpc) is 2.79. The third-order valence-corrected chi connectivity index (χ3v) is 4.95. The van der Waals surface area contributed by atoms with Crippen molar-refractivity contribution < 1.29 is 36.6 Å². The standard InChI is InChI=1S/C22H23F4N3O4/c1-31-12-17(14-8-9-18(15(23)10-14)33-22(24,25)26)28-21(30)16-11-19(32-2)29-20(27-16)13-6-4-3-5-7-13/h6,8-11,17H,3-5,7,12H2,1-2H3,(H,28,30)/t17-/m1/s1. The van der Waals surface area contributed by atoms with Crippen LogP contribution in [0.1, 0.15) is 53.6 Å². The molecule has 33 heavy (non-hydrogen) atoms. The van der Waals surface area contributed by atoms with Gasteiger partial charge in [-0.05, 0) is 49.0 Å². The third-order valence-electron chi connectivity index (χ3n) is 4.95. The largest absolute Gasteiger partial charge is 0.573 e. The van der Waals surface area contributed by atoms with Crippen molar-refractivity contribution in [1.29, 1.82) is 0 Å². The zero-order valence-corrected chi connectivity index (χ0v) is 18.0. The van der Waals surface area contributed by atoms with Crippen LogP contribution in [0.25, 0.3) is 5.57 Å². The lowest BCUT2D eigenvalue weighted by Crippen LogP contribution is -2.32. The number of ether oxygens (including phenoxy) is 3. The van der Waals surface area contributed by atoms with E-state index in [1.54, 1.807) is 0 Å². The van der Waals surface area contributed by atoms with Gasteiger partial charge in [-0.2, -0.15) is 4.98 Å². The lowest BCUT2D eigenvalue weighted by atomic mass is 9.99. The number of hydrogen-bond donors (Lipinski definition) is 1. The number of carbonyl (C=O) groups is 1. The molecular formula is C22H23F4N3O4. The van der Waals surface area contributed by atoms with E-state index < -0.39 is 29.9 Å². The molecule has 0 saturated heterocycles. The van der Waals surface area contributed by atoms with Gasteiger partial charge in [0.05, 0.1) is 19.8 Å². The third kappa shape index (κ3) is 6.64. The highest BCUT2D eigenvalue weighted by molar-refractivity contribution is 5.93. The Labute approximate surface area is 187 Å². The van der Waals surface area contributed by atoms with E-state index in [9.17, 15) is 22.4 Å². The molecule has 0 unspecified atom stereocenters. The highest BCUT2D eigenvalue weighted by Crippen LogP contribution is 2.29. The minimum absolute atomic E-state index is 0.0296. The van der Waals surface area contributed by atoms with Gasteiger partial charge in [0.15, 0.2) is 17.4 Å². The predicted molar refractivity (Wildman–Crippen MR) is 110 cm³/mol. The van der Waals surface area contributed by atoms with Crippen LogP contribution in [-0.2, 0) is 4.74 Å². The molecule has 0 aliphatic heterocycles. The maximum absolute atomic E-state index is 14.2. The molecule has 0 saturated carbocycles. The summed E-state index contributed by atoms with van der Waals surface area (Å²) in [5, 5.41) is 2.67. The summed E-state index contributed by atoms with van der Waals surface area (Å²) in [6.07, 6.45) is 0.743. The SMILES string of the molecule is COC[C@@H](NC(=O)c1cc(OC)nc(C2=CCCCC2)n1)c1ccc(OC(F)(F)F)c(F)c1. The van der Waals surface area contributed by atoms with Crippen molar-refractivity contribution in [2.75, 3.05) is 20.8 Å². The lowest BCUT2D eigenvalue weighted by Gasteiger charge is -2.20. The van der Waals surface area contributed by atoms with E-state index in [0.29, 0.717) is 5.82 Å². The van der Waals surface area contributed by atoms with Crippen LogP contribution in [0.4, 0.5) is 17.6 Å². The molecule has 7 nitrogen and oxygen atoms in total. The van der Waals surface area contributed by atoms with E-state index in [0.717, 1.165) is 43.4 Å². The molecule has 11 heteroatoms. The summed E-state index contributed by atoms with van der Waals surface area (Å²) in [6.45, 7) is -0.0646. The molecule has 0 bridgehead atoms. The first-order valence-corrected chi connectivity index (χ1v) is 10.2. The average molecular weight is 469 g/mol. The number of rotatable bonds is 8. The summed E-state index contributed by atoms with van der Waals surface area (Å²) in [4.78, 5) is 21.6. The van der Waals surface area contributed by atoms with Crippen molar-refractivity contribution in [2.45, 2.75) is 38.1 Å². The Bertz CT molecular complexity index is 1030. The van der Waals surface area contributed by atoms with Gasteiger partial charge in [0.2, 0.25) is 5.88 Å². The fraction of sp³-hybridized carbons (Fsp3) is 0.409. The molecule has 0 spiro atoms. The lowest BCUT2D eigenvalue weighted by molar-refractivity contribution is -0.275. The number of allylic oxidation sites excluding steroid dienone is 2. The number of aromatic nitrogens is 2. The quantitative estimate of drug-likeness (QED) is 0.569. The molecule has 3 rings (SSSR count). The van der Waals surface area contributed by atoms with Crippen molar-refractivity contribution in [1.82, 2.24) is 15.3 Å². The fourth-order valence-electron chi connectivity index (χ4n) is 3.39. The maximum Gasteiger partial charge on any atom is 0.573 e. The summed E-state index contributed by atoms with van der Waals surface area (Å²) >= 11 is 0. The predicted octanol–water partition coefficient (Wildman–Crippen LogP) is 4.60. The molecule has 1 atom stereocenters. The van der Waals surface area contributed by atoms with Gasteiger partial charge in [0.25, 0.3) is 5.91 Å². The molecule has 1 aliphatic rings. The smallest absolute Gasteiger partial charge is 0.481 e. The molecule has 0 radical (unpaired) electrons. The van der Waals surface area contributed by atoms with Crippen molar-refractivity contribution in [2.24, 2.45) is 0 Å². The van der Waals surface area contributed by atoms with Crippen molar-refractivity contribution in [3.63, 3.8) is 0 Å². The summed E-state index contributed by atoms with van der Waals surface area (Å²) in [5.74, 6) is -2.21. The number of nitrogens with one attached hydrogen (secondary N) is 1. The van der Waals surface area contributed by atoms with Crippen LogP contribution >= 0.6 is 0 Å². The summed E-state index contributed by atoms with van der Waals surface area (Å²) in [6, 6.07) is 3.41. The van der Waals surface area contributed by atoms with Gasteiger partial charge in [-0.3, -0.25) is 4.79 Å². The summed E-state index contributed by atoms with van der Waals surface area (Å²) in [5.41, 5.74) is 1.14. The van der Waals surface area contributed by atoms with Crippen molar-refractivity contribution in [3.8, 4) is 11.6 Å². The van der Waals surface area contributed by atoms with Crippen LogP contribution in [0.2, 0.25) is 0 Å². The highest BCUT2D eigenvalue weighted by Gasteiger charge is 2.32. The highest BCUT2D eigenvalue weighted by atomic mass is 19.4. The van der Waals surface area contributed by atoms with Gasteiger partial charge < -0.3 is 19.5 Å². The molecule has 178 valence electrons. The summed E-state index contributed by atoms with van der Waals surface area (Å²) in [7, 11) is 2.79. The minimum atomic E-state index is -5.03. The number of halogens is 4. The van der Waals surface area contributed by atoms with E-state index in [4.69, 9.17) is 9.47 Å². The van der Waals surface area contributed by atoms with Crippen LogP contribution in [0.3, 0.4) is 0 Å². The zero-order valence-electron chi connectivity index (χ0n) is 18.0. The zero-order chi connectivity index (χ0) is 24.0. The van der Waals surface area contributed by atoms with Crippen LogP contribution in [0.5, 0.6) is 11.6 Å². The first-order chi connectivity index (χ1) is 15.7. The summed E-state index contributed by atoms with van der Waals surface area (Å²) < 4.78 is 65.3. The molecule has 0 fully saturated rings. The number of amides is 1. The minimum Gasteiger partial charge on any atom is -0.481 e. The van der Waals surface area contributed by atoms with E-state index >= 15 is 0 Å². The topological polar surface area (TPSA) is 82.6 Å². The van der Waals surface area contributed by atoms with Gasteiger partial charge in [0.1, 0.15) is 5.69 Å². The molecular weight excluding hydrogens is 446 g/mol. The van der Waals surface area contributed by atoms with Crippen LogP contribution < -0.4 is 14.8 Å². The molecule has 1 aliphatic carbocycles. The van der Waals surface area contributed by atoms with Crippen molar-refractivity contribution >= 4 is 11.5 Å². The monoisotopic (exact) mass is 469 g/mol. The first-order valence-electron chi connectivity index (χ1n) is 10.2. The van der Waals surface area contributed by atoms with Crippen LogP contribution in [-0.4, -0.2) is 43.1 Å². The Hall–Kier alpha value is -3.21. The van der Waals surface area contributed by atoms with Gasteiger partial charge in [-0.15, -0.1) is 13.2 Å². The Balaban J connectivity index is 1.84. The molecule has 1 aromatic heterocycles. The molecule has 1 amide bonds. The second-order valence-electron chi connectivity index (χ2n) is 7.31. The number of alkyl halides is 3. The Kier molecular flexibility index (Phi) is 7.85. The number of methoxy groups -OCH3 is 2. The Morgan fingerprint density at radius 1 is 1.18 bits per heavy atom. The Morgan fingerprint density at radius 2 is 1.97 bits per heavy atom. The number of carbonyl (C=O) groups excluding carboxylic acids is 1. The van der Waals surface area contributed by atoms with Gasteiger partial charge in [-0.1, -0.05) is 12.1 Å². The van der Waals surface area contributed by atoms with Gasteiger partial charge >= 0.3 is 6.36 Å². The second kappa shape index (κ2) is 10.6.